The highest BCUT2D eigenvalue weighted by atomic mass is 32.2. The van der Waals surface area contributed by atoms with Gasteiger partial charge in [0.25, 0.3) is 0 Å². The Hall–Kier alpha value is -3.11. The molecular weight excluding hydrogens is 392 g/mol. The van der Waals surface area contributed by atoms with Crippen molar-refractivity contribution in [2.24, 2.45) is 5.73 Å². The van der Waals surface area contributed by atoms with Crippen molar-refractivity contribution in [2.45, 2.75) is 11.3 Å². The number of sulfonamides is 1. The maximum Gasteiger partial charge on any atom is 0.245 e. The summed E-state index contributed by atoms with van der Waals surface area (Å²) in [6.45, 7) is 0.967. The second kappa shape index (κ2) is 8.10. The lowest BCUT2D eigenvalue weighted by molar-refractivity contribution is -0.131. The first-order chi connectivity index (χ1) is 13.7. The molecule has 9 nitrogen and oxygen atoms in total. The summed E-state index contributed by atoms with van der Waals surface area (Å²) in [6, 6.07) is 11.5. The van der Waals surface area contributed by atoms with Crippen molar-refractivity contribution in [1.29, 1.82) is 5.41 Å². The number of carbonyl (C=O) groups excluding carboxylic acids is 1. The molecule has 0 unspecified atom stereocenters. The van der Waals surface area contributed by atoms with E-state index in [1.54, 1.807) is 41.3 Å². The molecule has 0 spiro atoms. The highest BCUT2D eigenvalue weighted by Crippen LogP contribution is 2.27. The fourth-order valence-electron chi connectivity index (χ4n) is 3.19. The number of hydrogen-bond acceptors (Lipinski definition) is 6. The van der Waals surface area contributed by atoms with E-state index in [1.807, 2.05) is 0 Å². The average molecular weight is 417 g/mol. The van der Waals surface area contributed by atoms with Crippen LogP contribution in [0.15, 0.2) is 47.4 Å². The predicted molar refractivity (Wildman–Crippen MR) is 112 cm³/mol. The molecule has 1 heterocycles. The number of amidine groups is 1. The number of piperazine rings is 1. The molecule has 0 saturated carbocycles. The van der Waals surface area contributed by atoms with E-state index >= 15 is 0 Å². The fraction of sp³-hybridized carbons (Fsp3) is 0.263. The molecule has 0 aromatic heterocycles. The molecule has 1 fully saturated rings. The van der Waals surface area contributed by atoms with Crippen LogP contribution >= 0.6 is 0 Å². The minimum absolute atomic E-state index is 0.0113. The van der Waals surface area contributed by atoms with Crippen LogP contribution in [-0.2, 0) is 21.2 Å². The smallest absolute Gasteiger partial charge is 0.245 e. The van der Waals surface area contributed by atoms with E-state index in [2.05, 4.69) is 0 Å². The van der Waals surface area contributed by atoms with Gasteiger partial charge in [0.2, 0.25) is 15.9 Å². The SMILES string of the molecule is N=C(N)c1ccc(CC(=O)N2CCN(S(=O)(=O)c3cccc(N)c3N)CC2)cc1. The summed E-state index contributed by atoms with van der Waals surface area (Å²) in [5, 5.41) is 7.40. The van der Waals surface area contributed by atoms with Gasteiger partial charge in [-0.3, -0.25) is 10.2 Å². The molecule has 2 aromatic carbocycles. The topological polar surface area (TPSA) is 160 Å². The van der Waals surface area contributed by atoms with Crippen LogP contribution in [-0.4, -0.2) is 55.5 Å². The fourth-order valence-corrected chi connectivity index (χ4v) is 4.76. The molecule has 0 atom stereocenters. The van der Waals surface area contributed by atoms with E-state index < -0.39 is 10.0 Å². The Morgan fingerprint density at radius 2 is 1.62 bits per heavy atom. The monoisotopic (exact) mass is 416 g/mol. The number of para-hydroxylation sites is 1. The van der Waals surface area contributed by atoms with Gasteiger partial charge in [-0.2, -0.15) is 4.31 Å². The van der Waals surface area contributed by atoms with Gasteiger partial charge in [-0.05, 0) is 17.7 Å². The third kappa shape index (κ3) is 4.33. The first-order valence-corrected chi connectivity index (χ1v) is 10.5. The van der Waals surface area contributed by atoms with Crippen molar-refractivity contribution in [3.63, 3.8) is 0 Å². The second-order valence-corrected chi connectivity index (χ2v) is 8.74. The zero-order valence-corrected chi connectivity index (χ0v) is 16.7. The van der Waals surface area contributed by atoms with Crippen molar-refractivity contribution in [3.05, 3.63) is 53.6 Å². The molecule has 1 aliphatic rings. The Balaban J connectivity index is 1.63. The van der Waals surface area contributed by atoms with E-state index in [0.717, 1.165) is 5.56 Å². The van der Waals surface area contributed by atoms with Crippen LogP contribution in [0, 0.1) is 5.41 Å². The summed E-state index contributed by atoms with van der Waals surface area (Å²) in [5.41, 5.74) is 18.7. The average Bonchev–Trinajstić information content (AvgIpc) is 2.70. The van der Waals surface area contributed by atoms with E-state index in [9.17, 15) is 13.2 Å². The zero-order chi connectivity index (χ0) is 21.2. The van der Waals surface area contributed by atoms with Crippen LogP contribution in [0.3, 0.4) is 0 Å². The number of nitrogens with one attached hydrogen (secondary N) is 1. The first kappa shape index (κ1) is 20.6. The largest absolute Gasteiger partial charge is 0.397 e. The van der Waals surface area contributed by atoms with Crippen LogP contribution < -0.4 is 17.2 Å². The molecule has 29 heavy (non-hydrogen) atoms. The summed E-state index contributed by atoms with van der Waals surface area (Å²) in [7, 11) is -3.78. The molecule has 0 bridgehead atoms. The Morgan fingerprint density at radius 1 is 1.00 bits per heavy atom. The lowest BCUT2D eigenvalue weighted by Crippen LogP contribution is -2.50. The number of nitrogen functional groups attached to an aromatic ring is 3. The number of nitrogens with two attached hydrogens (primary N) is 3. The van der Waals surface area contributed by atoms with Crippen molar-refractivity contribution < 1.29 is 13.2 Å². The van der Waals surface area contributed by atoms with Gasteiger partial charge in [0.15, 0.2) is 0 Å². The van der Waals surface area contributed by atoms with Crippen LogP contribution in [0.5, 0.6) is 0 Å². The standard InChI is InChI=1S/C19H24N6O3S/c20-15-2-1-3-16(18(15)21)29(27,28)25-10-8-24(9-11-25)17(26)12-13-4-6-14(7-5-13)19(22)23/h1-7H,8-12,20-21H2,(H3,22,23). The molecule has 1 amide bonds. The van der Waals surface area contributed by atoms with E-state index in [1.165, 1.54) is 10.4 Å². The molecule has 154 valence electrons. The molecule has 0 aliphatic carbocycles. The van der Waals surface area contributed by atoms with Gasteiger partial charge in [-0.25, -0.2) is 8.42 Å². The lowest BCUT2D eigenvalue weighted by atomic mass is 10.1. The van der Waals surface area contributed by atoms with E-state index in [-0.39, 0.29) is 47.5 Å². The third-order valence-electron chi connectivity index (χ3n) is 4.93. The van der Waals surface area contributed by atoms with Crippen LogP contribution in [0.4, 0.5) is 11.4 Å². The first-order valence-electron chi connectivity index (χ1n) is 9.05. The number of nitrogens with zero attached hydrogens (tertiary/aromatic N) is 2. The summed E-state index contributed by atoms with van der Waals surface area (Å²) >= 11 is 0. The van der Waals surface area contributed by atoms with Gasteiger partial charge in [0.05, 0.1) is 17.8 Å². The number of carbonyl (C=O) groups is 1. The van der Waals surface area contributed by atoms with Crippen LogP contribution in [0.25, 0.3) is 0 Å². The number of benzene rings is 2. The maximum absolute atomic E-state index is 12.9. The summed E-state index contributed by atoms with van der Waals surface area (Å²) in [4.78, 5) is 14.2. The van der Waals surface area contributed by atoms with Gasteiger partial charge >= 0.3 is 0 Å². The highest BCUT2D eigenvalue weighted by molar-refractivity contribution is 7.89. The highest BCUT2D eigenvalue weighted by Gasteiger charge is 2.31. The third-order valence-corrected chi connectivity index (χ3v) is 6.89. The molecule has 3 rings (SSSR count). The summed E-state index contributed by atoms with van der Waals surface area (Å²) < 4.78 is 27.1. The van der Waals surface area contributed by atoms with Crippen molar-refractivity contribution in [2.75, 3.05) is 37.6 Å². The maximum atomic E-state index is 12.9. The molecule has 7 N–H and O–H groups in total. The minimum atomic E-state index is -3.78. The van der Waals surface area contributed by atoms with Crippen molar-refractivity contribution in [1.82, 2.24) is 9.21 Å². The number of hydrogen-bond donors (Lipinski definition) is 4. The minimum Gasteiger partial charge on any atom is -0.397 e. The molecule has 10 heteroatoms. The van der Waals surface area contributed by atoms with Crippen molar-refractivity contribution >= 4 is 33.1 Å². The number of amides is 1. The summed E-state index contributed by atoms with van der Waals surface area (Å²) in [6.07, 6.45) is 0.201. The molecule has 2 aromatic rings. The van der Waals surface area contributed by atoms with Gasteiger partial charge in [0, 0.05) is 31.7 Å². The van der Waals surface area contributed by atoms with Gasteiger partial charge in [0.1, 0.15) is 10.7 Å². The number of rotatable bonds is 5. The van der Waals surface area contributed by atoms with E-state index in [4.69, 9.17) is 22.6 Å². The molecule has 1 aliphatic heterocycles. The van der Waals surface area contributed by atoms with E-state index in [0.29, 0.717) is 18.7 Å². The zero-order valence-electron chi connectivity index (χ0n) is 15.8. The normalized spacial score (nSPS) is 15.2. The van der Waals surface area contributed by atoms with Crippen LogP contribution in [0.2, 0.25) is 0 Å². The van der Waals surface area contributed by atoms with Gasteiger partial charge in [-0.15, -0.1) is 0 Å². The Labute approximate surface area is 169 Å². The molecular formula is C19H24N6O3S. The molecule has 0 radical (unpaired) electrons. The Morgan fingerprint density at radius 3 is 2.21 bits per heavy atom. The molecule has 1 saturated heterocycles. The Bertz CT molecular complexity index is 1030. The van der Waals surface area contributed by atoms with Gasteiger partial charge in [-0.1, -0.05) is 30.3 Å². The number of anilines is 2. The lowest BCUT2D eigenvalue weighted by Gasteiger charge is -2.34. The predicted octanol–water partition coefficient (Wildman–Crippen LogP) is 0.211. The van der Waals surface area contributed by atoms with Gasteiger partial charge < -0.3 is 22.1 Å². The summed E-state index contributed by atoms with van der Waals surface area (Å²) in [5.74, 6) is -0.109. The van der Waals surface area contributed by atoms with Crippen molar-refractivity contribution in [3.8, 4) is 0 Å². The quantitative estimate of drug-likeness (QED) is 0.310. The second-order valence-electron chi connectivity index (χ2n) is 6.83. The Kier molecular flexibility index (Phi) is 5.76. The van der Waals surface area contributed by atoms with Crippen LogP contribution in [0.1, 0.15) is 11.1 Å².